The Hall–Kier alpha value is -1.38. The maximum Gasteiger partial charge on any atom is 0.249 e. The van der Waals surface area contributed by atoms with Crippen molar-refractivity contribution in [3.63, 3.8) is 0 Å². The Bertz CT molecular complexity index is 640. The van der Waals surface area contributed by atoms with Gasteiger partial charge < -0.3 is 20.8 Å². The van der Waals surface area contributed by atoms with Crippen LogP contribution in [0.5, 0.6) is 0 Å². The summed E-state index contributed by atoms with van der Waals surface area (Å²) in [6, 6.07) is 0. The lowest BCUT2D eigenvalue weighted by molar-refractivity contribution is -0.137. The van der Waals surface area contributed by atoms with Crippen molar-refractivity contribution in [3.8, 4) is 0 Å². The van der Waals surface area contributed by atoms with E-state index in [2.05, 4.69) is 29.7 Å². The summed E-state index contributed by atoms with van der Waals surface area (Å²) in [5.41, 5.74) is -0.944. The number of allylic oxidation sites excluding steroid dienone is 2. The van der Waals surface area contributed by atoms with Gasteiger partial charge in [-0.15, -0.1) is 0 Å². The molecule has 0 aliphatic carbocycles. The Kier molecular flexibility index (Phi) is 22.8. The van der Waals surface area contributed by atoms with Crippen LogP contribution < -0.4 is 10.6 Å². The van der Waals surface area contributed by atoms with Crippen LogP contribution in [0.25, 0.3) is 0 Å². The fourth-order valence-electron chi connectivity index (χ4n) is 3.69. The fourth-order valence-corrected chi connectivity index (χ4v) is 4.41. The van der Waals surface area contributed by atoms with E-state index in [0.717, 1.165) is 19.3 Å². The van der Waals surface area contributed by atoms with Gasteiger partial charge in [-0.05, 0) is 32.1 Å². The van der Waals surface area contributed by atoms with Crippen molar-refractivity contribution in [2.75, 3.05) is 25.4 Å². The molecular weight excluding hydrogens is 488 g/mol. The Balaban J connectivity index is 3.54. The van der Waals surface area contributed by atoms with E-state index in [1.54, 1.807) is 13.8 Å². The molecular formula is C29H54N2O5S. The zero-order valence-electron chi connectivity index (χ0n) is 23.7. The number of amides is 2. The standard InChI is InChI=1S/C29H54N2O5S/c1-4-5-6-7-8-9-10-11-12-13-14-15-16-17-18-19-26(34)37-23-22-30-25(33)20-21-31-28(36)27(35)29(2,3)24-32/h11-12,27,32,35H,4-10,13-24H2,1-3H3,(H,30,33)(H,31,36)/b12-11-. The number of carbonyl (C=O) groups excluding carboxylic acids is 3. The molecule has 0 aliphatic rings. The number of carbonyl (C=O) groups is 3. The predicted octanol–water partition coefficient (Wildman–Crippen LogP) is 5.29. The highest BCUT2D eigenvalue weighted by atomic mass is 32.2. The van der Waals surface area contributed by atoms with E-state index in [0.29, 0.717) is 18.7 Å². The van der Waals surface area contributed by atoms with Gasteiger partial charge in [-0.3, -0.25) is 14.4 Å². The van der Waals surface area contributed by atoms with E-state index in [4.69, 9.17) is 0 Å². The monoisotopic (exact) mass is 542 g/mol. The van der Waals surface area contributed by atoms with Crippen LogP contribution in [0, 0.1) is 5.41 Å². The van der Waals surface area contributed by atoms with Crippen molar-refractivity contribution in [2.24, 2.45) is 5.41 Å². The van der Waals surface area contributed by atoms with Crippen molar-refractivity contribution >= 4 is 28.7 Å². The molecule has 0 spiro atoms. The molecule has 1 unspecified atom stereocenters. The third-order valence-corrected chi connectivity index (χ3v) is 7.31. The van der Waals surface area contributed by atoms with E-state index < -0.39 is 17.4 Å². The number of hydrogen-bond donors (Lipinski definition) is 4. The van der Waals surface area contributed by atoms with E-state index in [1.807, 2.05) is 0 Å². The second-order valence-corrected chi connectivity index (χ2v) is 11.6. The number of aliphatic hydroxyl groups is 2. The van der Waals surface area contributed by atoms with Crippen LogP contribution in [-0.2, 0) is 14.4 Å². The highest BCUT2D eigenvalue weighted by Gasteiger charge is 2.32. The lowest BCUT2D eigenvalue weighted by Gasteiger charge is -2.27. The largest absolute Gasteiger partial charge is 0.396 e. The van der Waals surface area contributed by atoms with Gasteiger partial charge in [0.2, 0.25) is 11.8 Å². The van der Waals surface area contributed by atoms with Crippen LogP contribution in [0.2, 0.25) is 0 Å². The SMILES string of the molecule is CCCCCCCC/C=C\CCCCCCCC(=O)SCCNC(=O)CCNC(=O)C(O)C(C)(C)CO. The van der Waals surface area contributed by atoms with E-state index in [9.17, 15) is 24.6 Å². The highest BCUT2D eigenvalue weighted by Crippen LogP contribution is 2.19. The average molecular weight is 543 g/mol. The summed E-state index contributed by atoms with van der Waals surface area (Å²) in [7, 11) is 0. The molecule has 0 saturated heterocycles. The first kappa shape index (κ1) is 35.6. The summed E-state index contributed by atoms with van der Waals surface area (Å²) in [5, 5.41) is 24.5. The van der Waals surface area contributed by atoms with Crippen LogP contribution >= 0.6 is 11.8 Å². The minimum Gasteiger partial charge on any atom is -0.396 e. The summed E-state index contributed by atoms with van der Waals surface area (Å²) < 4.78 is 0. The molecule has 2 amide bonds. The molecule has 7 nitrogen and oxygen atoms in total. The summed E-state index contributed by atoms with van der Waals surface area (Å²) in [4.78, 5) is 35.7. The van der Waals surface area contributed by atoms with Crippen molar-refractivity contribution in [1.29, 1.82) is 0 Å². The van der Waals surface area contributed by atoms with Gasteiger partial charge >= 0.3 is 0 Å². The van der Waals surface area contributed by atoms with Gasteiger partial charge in [-0.1, -0.05) is 96.1 Å². The van der Waals surface area contributed by atoms with Gasteiger partial charge in [0.15, 0.2) is 5.12 Å². The van der Waals surface area contributed by atoms with Crippen LogP contribution in [0.4, 0.5) is 0 Å². The maximum absolute atomic E-state index is 12.0. The van der Waals surface area contributed by atoms with Gasteiger partial charge in [0.1, 0.15) is 6.10 Å². The van der Waals surface area contributed by atoms with Gasteiger partial charge in [0.25, 0.3) is 0 Å². The number of thioether (sulfide) groups is 1. The van der Waals surface area contributed by atoms with Gasteiger partial charge in [-0.2, -0.15) is 0 Å². The summed E-state index contributed by atoms with van der Waals surface area (Å²) >= 11 is 1.25. The van der Waals surface area contributed by atoms with E-state index in [1.165, 1.54) is 76.0 Å². The summed E-state index contributed by atoms with van der Waals surface area (Å²) in [5.74, 6) is -0.295. The first-order chi connectivity index (χ1) is 17.7. The van der Waals surface area contributed by atoms with Crippen LogP contribution in [-0.4, -0.2) is 58.7 Å². The normalized spacial score (nSPS) is 12.6. The molecule has 1 atom stereocenters. The zero-order chi connectivity index (χ0) is 27.8. The topological polar surface area (TPSA) is 116 Å². The molecule has 0 saturated carbocycles. The van der Waals surface area contributed by atoms with Crippen LogP contribution in [0.1, 0.15) is 117 Å². The van der Waals surface area contributed by atoms with Crippen LogP contribution in [0.3, 0.4) is 0 Å². The highest BCUT2D eigenvalue weighted by molar-refractivity contribution is 8.13. The van der Waals surface area contributed by atoms with Crippen molar-refractivity contribution in [2.45, 2.75) is 123 Å². The number of nitrogens with one attached hydrogen (secondary N) is 2. The fraction of sp³-hybridized carbons (Fsp3) is 0.828. The number of hydrogen-bond acceptors (Lipinski definition) is 6. The number of aliphatic hydroxyl groups excluding tert-OH is 2. The molecule has 0 aromatic carbocycles. The lowest BCUT2D eigenvalue weighted by Crippen LogP contribution is -2.46. The first-order valence-electron chi connectivity index (χ1n) is 14.4. The quantitative estimate of drug-likeness (QED) is 0.0973. The maximum atomic E-state index is 12.0. The Morgan fingerprint density at radius 1 is 0.811 bits per heavy atom. The third-order valence-electron chi connectivity index (χ3n) is 6.38. The van der Waals surface area contributed by atoms with Crippen LogP contribution in [0.15, 0.2) is 12.2 Å². The summed E-state index contributed by atoms with van der Waals surface area (Å²) in [6.07, 6.45) is 20.1. The molecule has 4 N–H and O–H groups in total. The zero-order valence-corrected chi connectivity index (χ0v) is 24.5. The number of rotatable bonds is 24. The first-order valence-corrected chi connectivity index (χ1v) is 15.4. The minimum absolute atomic E-state index is 0.0888. The van der Waals surface area contributed by atoms with Crippen molar-refractivity contribution in [1.82, 2.24) is 10.6 Å². The average Bonchev–Trinajstić information content (AvgIpc) is 2.88. The summed E-state index contributed by atoms with van der Waals surface area (Å²) in [6.45, 7) is 5.60. The molecule has 0 heterocycles. The van der Waals surface area contributed by atoms with E-state index >= 15 is 0 Å². The Labute approximate surface area is 230 Å². The van der Waals surface area contributed by atoms with Crippen molar-refractivity contribution < 1.29 is 24.6 Å². The Morgan fingerprint density at radius 2 is 1.38 bits per heavy atom. The minimum atomic E-state index is -1.34. The van der Waals surface area contributed by atoms with Gasteiger partial charge in [-0.25, -0.2) is 0 Å². The molecule has 0 aromatic heterocycles. The Morgan fingerprint density at radius 3 is 1.97 bits per heavy atom. The van der Waals surface area contributed by atoms with Crippen molar-refractivity contribution in [3.05, 3.63) is 12.2 Å². The molecule has 216 valence electrons. The van der Waals surface area contributed by atoms with Gasteiger partial charge in [0, 0.05) is 37.1 Å². The number of unbranched alkanes of at least 4 members (excludes halogenated alkanes) is 11. The molecule has 0 rings (SSSR count). The molecule has 37 heavy (non-hydrogen) atoms. The second kappa shape index (κ2) is 23.7. The smallest absolute Gasteiger partial charge is 0.249 e. The van der Waals surface area contributed by atoms with Gasteiger partial charge in [0.05, 0.1) is 6.61 Å². The van der Waals surface area contributed by atoms with E-state index in [-0.39, 0.29) is 30.6 Å². The lowest BCUT2D eigenvalue weighted by atomic mass is 9.87. The third kappa shape index (κ3) is 21.3. The molecule has 0 fully saturated rings. The molecule has 0 aromatic rings. The molecule has 0 radical (unpaired) electrons. The molecule has 0 aliphatic heterocycles. The molecule has 0 bridgehead atoms. The molecule has 8 heteroatoms. The second-order valence-electron chi connectivity index (χ2n) is 10.5. The predicted molar refractivity (Wildman–Crippen MR) is 154 cm³/mol.